The van der Waals surface area contributed by atoms with E-state index in [0.717, 1.165) is 43.1 Å². The Bertz CT molecular complexity index is 509. The van der Waals surface area contributed by atoms with Crippen LogP contribution in [0.3, 0.4) is 0 Å². The molecule has 1 N–H and O–H groups in total. The Morgan fingerprint density at radius 2 is 2.27 bits per heavy atom. The van der Waals surface area contributed by atoms with Crippen LogP contribution in [0.4, 0.5) is 0 Å². The molecule has 0 bridgehead atoms. The Labute approximate surface area is 132 Å². The van der Waals surface area contributed by atoms with Crippen LogP contribution in [-0.2, 0) is 11.3 Å². The fourth-order valence-electron chi connectivity index (χ4n) is 3.76. The molecule has 0 aliphatic carbocycles. The number of aromatic nitrogens is 1. The Kier molecular flexibility index (Phi) is 4.96. The summed E-state index contributed by atoms with van der Waals surface area (Å²) in [5.41, 5.74) is 2.01. The third kappa shape index (κ3) is 3.42. The zero-order valence-corrected chi connectivity index (χ0v) is 13.5. The SMILES string of the molecule is COc1cc(C)nc(CN2CCC[C@@H]2[C@@H]2COCC[C@@H]2O)c1. The summed E-state index contributed by atoms with van der Waals surface area (Å²) in [5, 5.41) is 10.3. The van der Waals surface area contributed by atoms with Crippen LogP contribution >= 0.6 is 0 Å². The van der Waals surface area contributed by atoms with Gasteiger partial charge in [-0.2, -0.15) is 0 Å². The van der Waals surface area contributed by atoms with Crippen LogP contribution in [-0.4, -0.2) is 54.0 Å². The minimum absolute atomic E-state index is 0.225. The van der Waals surface area contributed by atoms with E-state index in [9.17, 15) is 5.11 Å². The Morgan fingerprint density at radius 3 is 3.05 bits per heavy atom. The van der Waals surface area contributed by atoms with Gasteiger partial charge < -0.3 is 14.6 Å². The number of hydrogen-bond donors (Lipinski definition) is 1. The van der Waals surface area contributed by atoms with E-state index >= 15 is 0 Å². The van der Waals surface area contributed by atoms with Crippen molar-refractivity contribution in [2.45, 2.75) is 44.9 Å². The molecule has 5 nitrogen and oxygen atoms in total. The van der Waals surface area contributed by atoms with Crippen molar-refractivity contribution in [2.24, 2.45) is 5.92 Å². The molecule has 2 aliphatic rings. The van der Waals surface area contributed by atoms with Gasteiger partial charge in [0.2, 0.25) is 0 Å². The van der Waals surface area contributed by atoms with E-state index in [1.807, 2.05) is 19.1 Å². The lowest BCUT2D eigenvalue weighted by molar-refractivity contribution is -0.0637. The first-order chi connectivity index (χ1) is 10.7. The molecule has 1 aromatic heterocycles. The van der Waals surface area contributed by atoms with Gasteiger partial charge in [-0.25, -0.2) is 0 Å². The van der Waals surface area contributed by atoms with Crippen LogP contribution in [0.5, 0.6) is 5.75 Å². The first kappa shape index (κ1) is 15.7. The summed E-state index contributed by atoms with van der Waals surface area (Å²) < 4.78 is 10.9. The number of aliphatic hydroxyl groups excluding tert-OH is 1. The van der Waals surface area contributed by atoms with Gasteiger partial charge in [0.1, 0.15) is 5.75 Å². The molecule has 2 aliphatic heterocycles. The van der Waals surface area contributed by atoms with E-state index in [0.29, 0.717) is 19.3 Å². The fraction of sp³-hybridized carbons (Fsp3) is 0.706. The molecule has 2 saturated heterocycles. The van der Waals surface area contributed by atoms with E-state index in [1.165, 1.54) is 6.42 Å². The molecular weight excluding hydrogens is 280 g/mol. The van der Waals surface area contributed by atoms with Gasteiger partial charge in [0.25, 0.3) is 0 Å². The smallest absolute Gasteiger partial charge is 0.122 e. The average Bonchev–Trinajstić information content (AvgIpc) is 2.95. The van der Waals surface area contributed by atoms with Gasteiger partial charge >= 0.3 is 0 Å². The van der Waals surface area contributed by atoms with Gasteiger partial charge in [-0.15, -0.1) is 0 Å². The highest BCUT2D eigenvalue weighted by Crippen LogP contribution is 2.31. The van der Waals surface area contributed by atoms with Crippen molar-refractivity contribution in [2.75, 3.05) is 26.9 Å². The number of aliphatic hydroxyl groups is 1. The monoisotopic (exact) mass is 306 g/mol. The van der Waals surface area contributed by atoms with Crippen LogP contribution in [0.25, 0.3) is 0 Å². The number of pyridine rings is 1. The second-order valence-electron chi connectivity index (χ2n) is 6.41. The lowest BCUT2D eigenvalue weighted by Gasteiger charge is -2.37. The third-order valence-electron chi connectivity index (χ3n) is 4.85. The molecule has 3 atom stereocenters. The molecule has 122 valence electrons. The van der Waals surface area contributed by atoms with E-state index in [1.54, 1.807) is 7.11 Å². The highest BCUT2D eigenvalue weighted by Gasteiger charge is 2.37. The largest absolute Gasteiger partial charge is 0.497 e. The van der Waals surface area contributed by atoms with Crippen molar-refractivity contribution in [1.82, 2.24) is 9.88 Å². The van der Waals surface area contributed by atoms with Crippen LogP contribution in [0.1, 0.15) is 30.7 Å². The summed E-state index contributed by atoms with van der Waals surface area (Å²) in [7, 11) is 1.69. The highest BCUT2D eigenvalue weighted by molar-refractivity contribution is 5.26. The number of ether oxygens (including phenoxy) is 2. The van der Waals surface area contributed by atoms with Gasteiger partial charge in [0.15, 0.2) is 0 Å². The molecule has 2 fully saturated rings. The van der Waals surface area contributed by atoms with Crippen molar-refractivity contribution in [3.05, 3.63) is 23.5 Å². The maximum absolute atomic E-state index is 10.3. The first-order valence-corrected chi connectivity index (χ1v) is 8.19. The van der Waals surface area contributed by atoms with Crippen LogP contribution in [0.2, 0.25) is 0 Å². The van der Waals surface area contributed by atoms with Crippen molar-refractivity contribution in [3.63, 3.8) is 0 Å². The number of nitrogens with zero attached hydrogens (tertiary/aromatic N) is 2. The standard InChI is InChI=1S/C17H26N2O3/c1-12-8-14(21-2)9-13(18-12)10-19-6-3-4-16(19)15-11-22-7-5-17(15)20/h8-9,15-17,20H,3-7,10-11H2,1-2H3/t15-,16+,17-/m0/s1. The second-order valence-corrected chi connectivity index (χ2v) is 6.41. The Morgan fingerprint density at radius 1 is 1.41 bits per heavy atom. The molecule has 0 saturated carbocycles. The zero-order chi connectivity index (χ0) is 15.5. The van der Waals surface area contributed by atoms with Crippen molar-refractivity contribution < 1.29 is 14.6 Å². The minimum atomic E-state index is -0.237. The normalized spacial score (nSPS) is 29.7. The summed E-state index contributed by atoms with van der Waals surface area (Å²) in [6.07, 6.45) is 2.83. The molecule has 3 heterocycles. The van der Waals surface area contributed by atoms with Gasteiger partial charge in [-0.1, -0.05) is 0 Å². The summed E-state index contributed by atoms with van der Waals surface area (Å²) in [4.78, 5) is 7.08. The molecule has 0 aromatic carbocycles. The van der Waals surface area contributed by atoms with Crippen molar-refractivity contribution >= 4 is 0 Å². The predicted octanol–water partition coefficient (Wildman–Crippen LogP) is 1.76. The number of aryl methyl sites for hydroxylation is 1. The van der Waals surface area contributed by atoms with Crippen LogP contribution in [0.15, 0.2) is 12.1 Å². The lowest BCUT2D eigenvalue weighted by Crippen LogP contribution is -2.45. The summed E-state index contributed by atoms with van der Waals surface area (Å²) >= 11 is 0. The molecular formula is C17H26N2O3. The van der Waals surface area contributed by atoms with E-state index in [2.05, 4.69) is 9.88 Å². The minimum Gasteiger partial charge on any atom is -0.497 e. The van der Waals surface area contributed by atoms with Gasteiger partial charge in [0.05, 0.1) is 25.5 Å². The van der Waals surface area contributed by atoms with Gasteiger partial charge in [-0.05, 0) is 32.7 Å². The first-order valence-electron chi connectivity index (χ1n) is 8.19. The maximum Gasteiger partial charge on any atom is 0.122 e. The molecule has 3 rings (SSSR count). The van der Waals surface area contributed by atoms with Gasteiger partial charge in [-0.3, -0.25) is 9.88 Å². The van der Waals surface area contributed by atoms with Crippen LogP contribution in [0, 0.1) is 12.8 Å². The van der Waals surface area contributed by atoms with Gasteiger partial charge in [0, 0.05) is 42.9 Å². The Hall–Kier alpha value is -1.17. The number of hydrogen-bond acceptors (Lipinski definition) is 5. The number of likely N-dealkylation sites (tertiary alicyclic amines) is 1. The zero-order valence-electron chi connectivity index (χ0n) is 13.5. The van der Waals surface area contributed by atoms with Crippen molar-refractivity contribution in [1.29, 1.82) is 0 Å². The van der Waals surface area contributed by atoms with E-state index < -0.39 is 0 Å². The highest BCUT2D eigenvalue weighted by atomic mass is 16.5. The molecule has 5 heteroatoms. The second kappa shape index (κ2) is 6.94. The fourth-order valence-corrected chi connectivity index (χ4v) is 3.76. The van der Waals surface area contributed by atoms with E-state index in [4.69, 9.17) is 9.47 Å². The third-order valence-corrected chi connectivity index (χ3v) is 4.85. The summed E-state index contributed by atoms with van der Waals surface area (Å²) in [6.45, 7) is 5.22. The molecule has 22 heavy (non-hydrogen) atoms. The maximum atomic E-state index is 10.3. The molecule has 1 aromatic rings. The molecule has 0 unspecified atom stereocenters. The summed E-state index contributed by atoms with van der Waals surface area (Å²) in [6, 6.07) is 4.35. The van der Waals surface area contributed by atoms with E-state index in [-0.39, 0.29) is 12.0 Å². The molecule has 0 amide bonds. The average molecular weight is 306 g/mol. The predicted molar refractivity (Wildman–Crippen MR) is 83.9 cm³/mol. The molecule has 0 spiro atoms. The lowest BCUT2D eigenvalue weighted by atomic mass is 9.89. The van der Waals surface area contributed by atoms with Crippen LogP contribution < -0.4 is 4.74 Å². The molecule has 0 radical (unpaired) electrons. The Balaban J connectivity index is 1.72. The number of methoxy groups -OCH3 is 1. The quantitative estimate of drug-likeness (QED) is 0.918. The topological polar surface area (TPSA) is 54.8 Å². The number of rotatable bonds is 4. The van der Waals surface area contributed by atoms with Crippen molar-refractivity contribution in [3.8, 4) is 5.75 Å². The summed E-state index contributed by atoms with van der Waals surface area (Å²) in [5.74, 6) is 1.09.